The quantitative estimate of drug-likeness (QED) is 0.0195. The average molecular weight is 1110 g/mol. The molecule has 0 rings (SSSR count). The van der Waals surface area contributed by atoms with Crippen molar-refractivity contribution in [2.24, 2.45) is 0 Å². The van der Waals surface area contributed by atoms with Gasteiger partial charge in [-0.1, -0.05) is 278 Å². The Balaban J connectivity index is 4.02. The number of phosphoric acid groups is 1. The Labute approximate surface area is 481 Å². The SMILES string of the molecule is CC/C=C\C/C=C\C/C=C\C/C=C\C/C=C\C/C=C\C/C=C\C/C=C\CCCCCCCCCCCCCCCCC(=O)OC(COC(=O)CCCCCCCCCCCCCCCCC)COP(=O)([O-])OCC[N+](C)(C)C. The van der Waals surface area contributed by atoms with E-state index in [0.29, 0.717) is 17.4 Å². The average Bonchev–Trinajstić information content (AvgIpc) is 3.41. The largest absolute Gasteiger partial charge is 0.756 e. The van der Waals surface area contributed by atoms with Gasteiger partial charge in [-0.3, -0.25) is 14.2 Å². The van der Waals surface area contributed by atoms with Crippen LogP contribution < -0.4 is 4.89 Å². The maximum absolute atomic E-state index is 12.8. The molecule has 0 spiro atoms. The zero-order chi connectivity index (χ0) is 57.0. The summed E-state index contributed by atoms with van der Waals surface area (Å²) < 4.78 is 34.2. The number of esters is 2. The summed E-state index contributed by atoms with van der Waals surface area (Å²) in [5, 5.41) is 0. The summed E-state index contributed by atoms with van der Waals surface area (Å²) in [6.45, 7) is 4.14. The van der Waals surface area contributed by atoms with Crippen LogP contribution in [0.5, 0.6) is 0 Å². The summed E-state index contributed by atoms with van der Waals surface area (Å²) in [5.41, 5.74) is 0. The number of allylic oxidation sites excluding steroid dienone is 16. The molecule has 0 aliphatic rings. The normalized spacial score (nSPS) is 13.9. The van der Waals surface area contributed by atoms with Gasteiger partial charge in [-0.05, 0) is 77.0 Å². The highest BCUT2D eigenvalue weighted by Gasteiger charge is 2.22. The second-order valence-corrected chi connectivity index (χ2v) is 23.8. The molecule has 0 heterocycles. The van der Waals surface area contributed by atoms with Crippen LogP contribution in [-0.4, -0.2) is 70.0 Å². The molecule has 0 saturated carbocycles. The van der Waals surface area contributed by atoms with Crippen LogP contribution in [0.3, 0.4) is 0 Å². The number of hydrogen-bond donors (Lipinski definition) is 0. The molecule has 0 aliphatic heterocycles. The first-order valence-corrected chi connectivity index (χ1v) is 33.4. The zero-order valence-corrected chi connectivity index (χ0v) is 52.0. The second kappa shape index (κ2) is 58.6. The van der Waals surface area contributed by atoms with Crippen LogP contribution in [0.4, 0.5) is 0 Å². The number of carbonyl (C=O) groups excluding carboxylic acids is 2. The van der Waals surface area contributed by atoms with Crippen LogP contribution in [0, 0.1) is 0 Å². The van der Waals surface area contributed by atoms with Crippen LogP contribution in [0.25, 0.3) is 0 Å². The molecule has 9 nitrogen and oxygen atoms in total. The molecule has 0 saturated heterocycles. The third-order valence-corrected chi connectivity index (χ3v) is 14.6. The van der Waals surface area contributed by atoms with Gasteiger partial charge < -0.3 is 27.9 Å². The zero-order valence-electron chi connectivity index (χ0n) is 51.1. The first-order valence-electron chi connectivity index (χ1n) is 31.9. The van der Waals surface area contributed by atoms with Crippen molar-refractivity contribution in [2.75, 3.05) is 47.5 Å². The lowest BCUT2D eigenvalue weighted by molar-refractivity contribution is -0.870. The number of hydrogen-bond acceptors (Lipinski definition) is 8. The Bertz CT molecular complexity index is 1640. The maximum atomic E-state index is 12.8. The van der Waals surface area contributed by atoms with Crippen LogP contribution >= 0.6 is 7.82 Å². The van der Waals surface area contributed by atoms with Gasteiger partial charge in [0.2, 0.25) is 0 Å². The van der Waals surface area contributed by atoms with Gasteiger partial charge in [0.05, 0.1) is 27.7 Å². The Morgan fingerprint density at radius 2 is 0.731 bits per heavy atom. The first kappa shape index (κ1) is 74.9. The monoisotopic (exact) mass is 1110 g/mol. The summed E-state index contributed by atoms with van der Waals surface area (Å²) in [4.78, 5) is 37.9. The molecular weight excluding hydrogens is 990 g/mol. The lowest BCUT2D eigenvalue weighted by Gasteiger charge is -2.28. The summed E-state index contributed by atoms with van der Waals surface area (Å²) in [6.07, 6.45) is 80.4. The third kappa shape index (κ3) is 62.1. The van der Waals surface area contributed by atoms with Crippen LogP contribution in [0.2, 0.25) is 0 Å². The minimum absolute atomic E-state index is 0.0320. The molecule has 78 heavy (non-hydrogen) atoms. The third-order valence-electron chi connectivity index (χ3n) is 13.6. The number of quaternary nitrogens is 1. The highest BCUT2D eigenvalue weighted by molar-refractivity contribution is 7.45. The van der Waals surface area contributed by atoms with E-state index in [-0.39, 0.29) is 32.0 Å². The molecule has 0 N–H and O–H groups in total. The molecular formula is C68H120NO8P. The number of nitrogens with zero attached hydrogens (tertiary/aromatic N) is 1. The van der Waals surface area contributed by atoms with Crippen LogP contribution in [0.1, 0.15) is 271 Å². The van der Waals surface area contributed by atoms with Crippen LogP contribution in [-0.2, 0) is 32.7 Å². The van der Waals surface area contributed by atoms with Crippen molar-refractivity contribution in [3.8, 4) is 0 Å². The Hall–Kier alpha value is -3.07. The van der Waals surface area contributed by atoms with E-state index in [2.05, 4.69) is 111 Å². The number of ether oxygens (including phenoxy) is 2. The summed E-state index contributed by atoms with van der Waals surface area (Å²) in [6, 6.07) is 0. The number of carbonyl (C=O) groups is 2. The molecule has 0 aliphatic carbocycles. The Morgan fingerprint density at radius 1 is 0.410 bits per heavy atom. The van der Waals surface area contributed by atoms with Crippen molar-refractivity contribution in [3.63, 3.8) is 0 Å². The molecule has 0 fully saturated rings. The minimum Gasteiger partial charge on any atom is -0.756 e. The van der Waals surface area contributed by atoms with Gasteiger partial charge in [0.15, 0.2) is 6.10 Å². The van der Waals surface area contributed by atoms with Gasteiger partial charge in [0.1, 0.15) is 19.8 Å². The highest BCUT2D eigenvalue weighted by atomic mass is 31.2. The van der Waals surface area contributed by atoms with Crippen molar-refractivity contribution in [1.82, 2.24) is 0 Å². The lowest BCUT2D eigenvalue weighted by Crippen LogP contribution is -2.37. The predicted octanol–water partition coefficient (Wildman–Crippen LogP) is 19.7. The minimum atomic E-state index is -4.64. The van der Waals surface area contributed by atoms with E-state index in [1.54, 1.807) is 0 Å². The van der Waals surface area contributed by atoms with Gasteiger partial charge in [-0.2, -0.15) is 0 Å². The smallest absolute Gasteiger partial charge is 0.306 e. The predicted molar refractivity (Wildman–Crippen MR) is 332 cm³/mol. The standard InChI is InChI=1S/C68H120NO8P/c1-6-8-10-12-14-16-18-20-22-23-24-25-26-27-28-29-30-31-32-33-34-35-36-37-38-39-40-41-42-43-44-45-47-49-51-53-55-57-59-61-68(71)77-66(65-76-78(72,73)75-63-62-69(3,4)5)64-74-67(70)60-58-56-54-52-50-48-46-21-19-17-15-13-11-9-7-2/h8,10,14,16,20,22,24-25,27-28,30-31,33-34,36-37,66H,6-7,9,11-13,15,17-19,21,23,26,29,32,35,38-65H2,1-5H3/b10-8-,16-14-,22-20-,25-24-,28-27-,31-30-,34-33-,37-36-. The van der Waals surface area contributed by atoms with Crippen molar-refractivity contribution < 1.29 is 42.1 Å². The van der Waals surface area contributed by atoms with E-state index >= 15 is 0 Å². The molecule has 0 aromatic carbocycles. The molecule has 0 aromatic rings. The summed E-state index contributed by atoms with van der Waals surface area (Å²) in [5.74, 6) is -0.827. The van der Waals surface area contributed by atoms with Gasteiger partial charge in [-0.15, -0.1) is 0 Å². The Morgan fingerprint density at radius 3 is 1.09 bits per heavy atom. The van der Waals surface area contributed by atoms with Crippen LogP contribution in [0.15, 0.2) is 97.2 Å². The van der Waals surface area contributed by atoms with Gasteiger partial charge in [0.25, 0.3) is 7.82 Å². The number of unbranched alkanes of at least 4 members (excludes halogenated alkanes) is 28. The van der Waals surface area contributed by atoms with E-state index in [0.717, 1.165) is 89.9 Å². The summed E-state index contributed by atoms with van der Waals surface area (Å²) in [7, 11) is 1.17. The summed E-state index contributed by atoms with van der Waals surface area (Å²) >= 11 is 0. The number of phosphoric ester groups is 1. The number of likely N-dealkylation sites (N-methyl/N-ethyl adjacent to an activating group) is 1. The molecule has 2 atom stereocenters. The van der Waals surface area contributed by atoms with E-state index in [4.69, 9.17) is 18.5 Å². The number of rotatable bonds is 58. The molecule has 2 unspecified atom stereocenters. The van der Waals surface area contributed by atoms with Crippen molar-refractivity contribution >= 4 is 19.8 Å². The second-order valence-electron chi connectivity index (χ2n) is 22.4. The van der Waals surface area contributed by atoms with E-state index in [9.17, 15) is 19.0 Å². The topological polar surface area (TPSA) is 111 Å². The molecule has 0 bridgehead atoms. The van der Waals surface area contributed by atoms with Crippen molar-refractivity contribution in [3.05, 3.63) is 97.2 Å². The fourth-order valence-electron chi connectivity index (χ4n) is 8.73. The maximum Gasteiger partial charge on any atom is 0.306 e. The van der Waals surface area contributed by atoms with Crippen molar-refractivity contribution in [1.29, 1.82) is 0 Å². The molecule has 450 valence electrons. The molecule has 0 radical (unpaired) electrons. The molecule has 0 aromatic heterocycles. The Kier molecular flexibility index (Phi) is 56.3. The van der Waals surface area contributed by atoms with E-state index in [1.165, 1.54) is 148 Å². The van der Waals surface area contributed by atoms with Gasteiger partial charge in [0, 0.05) is 12.8 Å². The highest BCUT2D eigenvalue weighted by Crippen LogP contribution is 2.38. The van der Waals surface area contributed by atoms with E-state index in [1.807, 2.05) is 21.1 Å². The van der Waals surface area contributed by atoms with E-state index < -0.39 is 26.5 Å². The fourth-order valence-corrected chi connectivity index (χ4v) is 9.46. The van der Waals surface area contributed by atoms with Crippen molar-refractivity contribution in [2.45, 2.75) is 277 Å². The molecule has 10 heteroatoms. The molecule has 0 amide bonds. The van der Waals surface area contributed by atoms with Gasteiger partial charge in [-0.25, -0.2) is 0 Å². The fraction of sp³-hybridized carbons (Fsp3) is 0.735. The van der Waals surface area contributed by atoms with Gasteiger partial charge >= 0.3 is 11.9 Å². The lowest BCUT2D eigenvalue weighted by atomic mass is 10.0. The first-order chi connectivity index (χ1) is 38.0.